The summed E-state index contributed by atoms with van der Waals surface area (Å²) < 4.78 is 5.66. The van der Waals surface area contributed by atoms with Crippen LogP contribution >= 0.6 is 0 Å². The third-order valence-electron chi connectivity index (χ3n) is 2.73. The topological polar surface area (TPSA) is 36.3 Å². The van der Waals surface area contributed by atoms with Gasteiger partial charge in [-0.3, -0.25) is 5.41 Å². The number of hydrogen-bond acceptors (Lipinski definition) is 2. The molecule has 0 aromatic heterocycles. The Kier molecular flexibility index (Phi) is 3.25. The van der Waals surface area contributed by atoms with E-state index in [0.29, 0.717) is 5.84 Å². The molecule has 0 bridgehead atoms. The van der Waals surface area contributed by atoms with Crippen molar-refractivity contribution in [2.45, 2.75) is 26.1 Å². The van der Waals surface area contributed by atoms with E-state index in [1.165, 1.54) is 0 Å². The third kappa shape index (κ3) is 2.42. The van der Waals surface area contributed by atoms with Crippen molar-refractivity contribution in [3.8, 4) is 0 Å². The second-order valence-corrected chi connectivity index (χ2v) is 4.30. The predicted molar refractivity (Wildman–Crippen MR) is 63.7 cm³/mol. The van der Waals surface area contributed by atoms with Gasteiger partial charge >= 0.3 is 0 Å². The highest BCUT2D eigenvalue weighted by Gasteiger charge is 2.24. The molecule has 0 aliphatic carbocycles. The van der Waals surface area contributed by atoms with Crippen LogP contribution in [0.1, 0.15) is 19.4 Å². The zero-order chi connectivity index (χ0) is 11.5. The Hall–Kier alpha value is -1.35. The Morgan fingerprint density at radius 2 is 1.88 bits per heavy atom. The summed E-state index contributed by atoms with van der Waals surface area (Å²) in [5.41, 5.74) is 0.944. The van der Waals surface area contributed by atoms with Crippen LogP contribution < -0.4 is 0 Å². The first-order valence-electron chi connectivity index (χ1n) is 5.62. The van der Waals surface area contributed by atoms with E-state index in [1.807, 2.05) is 24.3 Å². The maximum atomic E-state index is 8.16. The number of ether oxygens (including phenoxy) is 1. The fourth-order valence-electron chi connectivity index (χ4n) is 2.09. The van der Waals surface area contributed by atoms with E-state index in [9.17, 15) is 0 Å². The van der Waals surface area contributed by atoms with E-state index < -0.39 is 0 Å². The third-order valence-corrected chi connectivity index (χ3v) is 2.73. The van der Waals surface area contributed by atoms with E-state index in [1.54, 1.807) is 0 Å². The summed E-state index contributed by atoms with van der Waals surface area (Å²) in [5, 5.41) is 8.16. The molecule has 1 radical (unpaired) electrons. The SMILES string of the molecule is CC1CN(C(=N)c2cc[c]cc2)CC(C)O1. The lowest BCUT2D eigenvalue weighted by atomic mass is 10.1. The molecule has 1 fully saturated rings. The van der Waals surface area contributed by atoms with Crippen molar-refractivity contribution in [3.63, 3.8) is 0 Å². The molecule has 1 aromatic carbocycles. The smallest absolute Gasteiger partial charge is 0.128 e. The molecule has 0 spiro atoms. The highest BCUT2D eigenvalue weighted by molar-refractivity contribution is 5.96. The highest BCUT2D eigenvalue weighted by Crippen LogP contribution is 2.13. The average Bonchev–Trinajstić information content (AvgIpc) is 2.28. The predicted octanol–water partition coefficient (Wildman–Crippen LogP) is 1.92. The molecule has 0 amide bonds. The van der Waals surface area contributed by atoms with E-state index in [0.717, 1.165) is 18.7 Å². The van der Waals surface area contributed by atoms with Crippen LogP contribution in [0.25, 0.3) is 0 Å². The minimum absolute atomic E-state index is 0.194. The number of benzene rings is 1. The number of nitrogens with zero attached hydrogens (tertiary/aromatic N) is 1. The summed E-state index contributed by atoms with van der Waals surface area (Å²) in [5.74, 6) is 0.580. The first kappa shape index (κ1) is 11.1. The fraction of sp³-hybridized carbons (Fsp3) is 0.462. The first-order chi connectivity index (χ1) is 7.66. The van der Waals surface area contributed by atoms with Gasteiger partial charge in [0, 0.05) is 18.7 Å². The van der Waals surface area contributed by atoms with Crippen molar-refractivity contribution in [1.29, 1.82) is 5.41 Å². The summed E-state index contributed by atoms with van der Waals surface area (Å²) in [6.07, 6.45) is 0.388. The van der Waals surface area contributed by atoms with E-state index in [2.05, 4.69) is 24.8 Å². The molecule has 2 unspecified atom stereocenters. The molecule has 1 heterocycles. The van der Waals surface area contributed by atoms with Gasteiger partial charge in [0.2, 0.25) is 0 Å². The maximum absolute atomic E-state index is 8.16. The van der Waals surface area contributed by atoms with Crippen molar-refractivity contribution in [3.05, 3.63) is 35.9 Å². The summed E-state index contributed by atoms with van der Waals surface area (Å²) in [6.45, 7) is 5.69. The van der Waals surface area contributed by atoms with Gasteiger partial charge in [-0.25, -0.2) is 0 Å². The number of morpholine rings is 1. The first-order valence-corrected chi connectivity index (χ1v) is 5.62. The van der Waals surface area contributed by atoms with Crippen LogP contribution in [0.5, 0.6) is 0 Å². The van der Waals surface area contributed by atoms with Gasteiger partial charge in [0.1, 0.15) is 5.84 Å². The van der Waals surface area contributed by atoms with Crippen LogP contribution in [-0.2, 0) is 4.74 Å². The second kappa shape index (κ2) is 4.66. The largest absolute Gasteiger partial charge is 0.372 e. The van der Waals surface area contributed by atoms with Crippen LogP contribution in [0.4, 0.5) is 0 Å². The molecule has 16 heavy (non-hydrogen) atoms. The summed E-state index contributed by atoms with van der Waals surface area (Å²) in [7, 11) is 0. The van der Waals surface area contributed by atoms with Crippen molar-refractivity contribution < 1.29 is 4.74 Å². The minimum atomic E-state index is 0.194. The number of nitrogens with one attached hydrogen (secondary N) is 1. The molecule has 2 rings (SSSR count). The standard InChI is InChI=1S/C13H17N2O/c1-10-8-15(9-11(2)16-10)13(14)12-6-4-3-5-7-12/h4-7,10-11,14H,8-9H2,1-2H3. The molecule has 3 nitrogen and oxygen atoms in total. The molecule has 1 aromatic rings. The van der Waals surface area contributed by atoms with E-state index in [-0.39, 0.29) is 12.2 Å². The molecule has 85 valence electrons. The number of hydrogen-bond donors (Lipinski definition) is 1. The summed E-state index contributed by atoms with van der Waals surface area (Å²) in [4.78, 5) is 2.08. The van der Waals surface area contributed by atoms with Gasteiger partial charge in [-0.15, -0.1) is 0 Å². The number of rotatable bonds is 1. The Morgan fingerprint density at radius 3 is 2.44 bits per heavy atom. The lowest BCUT2D eigenvalue weighted by molar-refractivity contribution is -0.0480. The van der Waals surface area contributed by atoms with Crippen LogP contribution in [0.15, 0.2) is 24.3 Å². The maximum Gasteiger partial charge on any atom is 0.128 e. The molecular weight excluding hydrogens is 200 g/mol. The Balaban J connectivity index is 2.10. The molecule has 2 atom stereocenters. The van der Waals surface area contributed by atoms with Gasteiger partial charge in [-0.2, -0.15) is 0 Å². The lowest BCUT2D eigenvalue weighted by Gasteiger charge is -2.36. The van der Waals surface area contributed by atoms with Crippen molar-refractivity contribution in [2.24, 2.45) is 0 Å². The highest BCUT2D eigenvalue weighted by atomic mass is 16.5. The fourth-order valence-corrected chi connectivity index (χ4v) is 2.09. The Labute approximate surface area is 96.5 Å². The minimum Gasteiger partial charge on any atom is -0.372 e. The normalized spacial score (nSPS) is 25.5. The van der Waals surface area contributed by atoms with Crippen LogP contribution in [0.2, 0.25) is 0 Å². The Morgan fingerprint density at radius 1 is 1.31 bits per heavy atom. The van der Waals surface area contributed by atoms with Crippen LogP contribution in [0.3, 0.4) is 0 Å². The molecule has 1 aliphatic rings. The van der Waals surface area contributed by atoms with Crippen LogP contribution in [-0.4, -0.2) is 36.0 Å². The molecule has 1 saturated heterocycles. The lowest BCUT2D eigenvalue weighted by Crippen LogP contribution is -2.48. The van der Waals surface area contributed by atoms with Gasteiger partial charge < -0.3 is 9.64 Å². The average molecular weight is 217 g/mol. The van der Waals surface area contributed by atoms with Crippen molar-refractivity contribution in [2.75, 3.05) is 13.1 Å². The van der Waals surface area contributed by atoms with E-state index in [4.69, 9.17) is 10.1 Å². The van der Waals surface area contributed by atoms with E-state index >= 15 is 0 Å². The molecule has 1 N–H and O–H groups in total. The molecule has 3 heteroatoms. The monoisotopic (exact) mass is 217 g/mol. The zero-order valence-corrected chi connectivity index (χ0v) is 9.73. The van der Waals surface area contributed by atoms with Crippen LogP contribution in [0, 0.1) is 11.5 Å². The van der Waals surface area contributed by atoms with Gasteiger partial charge in [0.05, 0.1) is 12.2 Å². The quantitative estimate of drug-likeness (QED) is 0.576. The summed E-state index contributed by atoms with van der Waals surface area (Å²) in [6, 6.07) is 10.5. The second-order valence-electron chi connectivity index (χ2n) is 4.30. The molecule has 0 saturated carbocycles. The van der Waals surface area contributed by atoms with Crippen molar-refractivity contribution in [1.82, 2.24) is 4.90 Å². The molecular formula is C13H17N2O. The summed E-state index contributed by atoms with van der Waals surface area (Å²) >= 11 is 0. The number of amidine groups is 1. The molecule has 1 aliphatic heterocycles. The van der Waals surface area contributed by atoms with Gasteiger partial charge in [-0.05, 0) is 19.9 Å². The van der Waals surface area contributed by atoms with Gasteiger partial charge in [0.15, 0.2) is 0 Å². The zero-order valence-electron chi connectivity index (χ0n) is 9.73. The Bertz CT molecular complexity index is 353. The van der Waals surface area contributed by atoms with Crippen molar-refractivity contribution >= 4 is 5.84 Å². The van der Waals surface area contributed by atoms with Gasteiger partial charge in [-0.1, -0.05) is 24.3 Å². The van der Waals surface area contributed by atoms with Gasteiger partial charge in [0.25, 0.3) is 0 Å².